The number of carboxylic acid groups (broad SMARTS) is 1. The number of aromatic nitrogens is 4. The first-order valence-electron chi connectivity index (χ1n) is 5.28. The molecule has 2 aromatic rings. The maximum Gasteiger partial charge on any atom is 0.337 e. The Kier molecular flexibility index (Phi) is 3.58. The van der Waals surface area contributed by atoms with E-state index in [0.29, 0.717) is 0 Å². The molecule has 100 valence electrons. The monoisotopic (exact) mass is 272 g/mol. The first-order chi connectivity index (χ1) is 9.61. The third-order valence-corrected chi connectivity index (χ3v) is 2.31. The number of tetrazole rings is 1. The zero-order valence-electron chi connectivity index (χ0n) is 9.90. The average Bonchev–Trinajstić information content (AvgIpc) is 2.94. The molecule has 9 nitrogen and oxygen atoms in total. The van der Waals surface area contributed by atoms with Crippen LogP contribution in [0, 0.1) is 11.3 Å². The lowest BCUT2D eigenvalue weighted by Gasteiger charge is -2.06. The molecule has 0 amide bonds. The van der Waals surface area contributed by atoms with Crippen molar-refractivity contribution in [3.8, 4) is 11.8 Å². The van der Waals surface area contributed by atoms with Gasteiger partial charge in [0.2, 0.25) is 5.82 Å². The number of nitriles is 1. The maximum atomic E-state index is 11.0. The SMILES string of the molecule is N#CC(=CNc1ccc(O)cc1C(=O)O)c1nn[nH]n1. The van der Waals surface area contributed by atoms with Crippen molar-refractivity contribution in [1.82, 2.24) is 20.6 Å². The fraction of sp³-hybridized carbons (Fsp3) is 0. The number of aromatic carboxylic acids is 1. The quantitative estimate of drug-likeness (QED) is 0.466. The molecule has 0 fully saturated rings. The number of aromatic hydroxyl groups is 1. The molecule has 0 radical (unpaired) electrons. The molecule has 1 aromatic carbocycles. The predicted octanol–water partition coefficient (Wildman–Crippen LogP) is 0.580. The molecule has 0 bridgehead atoms. The molecule has 4 N–H and O–H groups in total. The van der Waals surface area contributed by atoms with Crippen molar-refractivity contribution >= 4 is 17.2 Å². The average molecular weight is 272 g/mol. The summed E-state index contributed by atoms with van der Waals surface area (Å²) in [5.74, 6) is -1.30. The third-order valence-electron chi connectivity index (χ3n) is 2.31. The topological polar surface area (TPSA) is 148 Å². The Bertz CT molecular complexity index is 701. The van der Waals surface area contributed by atoms with E-state index in [1.54, 1.807) is 0 Å². The summed E-state index contributed by atoms with van der Waals surface area (Å²) >= 11 is 0. The molecule has 1 heterocycles. The first-order valence-corrected chi connectivity index (χ1v) is 5.28. The molecule has 0 unspecified atom stereocenters. The van der Waals surface area contributed by atoms with Gasteiger partial charge in [0, 0.05) is 6.20 Å². The molecule has 2 rings (SSSR count). The minimum absolute atomic E-state index is 0.0724. The number of phenolic OH excluding ortho intramolecular Hbond substituents is 1. The highest BCUT2D eigenvalue weighted by molar-refractivity contribution is 5.95. The summed E-state index contributed by atoms with van der Waals surface area (Å²) in [4.78, 5) is 11.0. The number of allylic oxidation sites excluding steroid dienone is 1. The second-order valence-corrected chi connectivity index (χ2v) is 3.58. The van der Waals surface area contributed by atoms with Gasteiger partial charge in [-0.15, -0.1) is 10.2 Å². The number of nitrogens with one attached hydrogen (secondary N) is 2. The number of H-pyrrole nitrogens is 1. The molecule has 1 aromatic heterocycles. The van der Waals surface area contributed by atoms with Gasteiger partial charge in [-0.1, -0.05) is 0 Å². The number of carbonyl (C=O) groups is 1. The van der Waals surface area contributed by atoms with Crippen molar-refractivity contribution in [2.45, 2.75) is 0 Å². The van der Waals surface area contributed by atoms with Crippen LogP contribution in [-0.4, -0.2) is 36.8 Å². The van der Waals surface area contributed by atoms with E-state index < -0.39 is 5.97 Å². The van der Waals surface area contributed by atoms with Gasteiger partial charge in [0.1, 0.15) is 17.4 Å². The van der Waals surface area contributed by atoms with Crippen LogP contribution in [0.2, 0.25) is 0 Å². The zero-order chi connectivity index (χ0) is 14.5. The van der Waals surface area contributed by atoms with Crippen LogP contribution < -0.4 is 5.32 Å². The maximum absolute atomic E-state index is 11.0. The lowest BCUT2D eigenvalue weighted by Crippen LogP contribution is -2.02. The summed E-state index contributed by atoms with van der Waals surface area (Å²) in [7, 11) is 0. The van der Waals surface area contributed by atoms with Crippen LogP contribution in [0.5, 0.6) is 5.75 Å². The van der Waals surface area contributed by atoms with E-state index in [4.69, 9.17) is 10.4 Å². The molecule has 20 heavy (non-hydrogen) atoms. The Labute approximate surface area is 112 Å². The van der Waals surface area contributed by atoms with Crippen LogP contribution in [-0.2, 0) is 0 Å². The van der Waals surface area contributed by atoms with Crippen LogP contribution in [0.15, 0.2) is 24.4 Å². The molecular formula is C11H8N6O3. The molecule has 0 aliphatic heterocycles. The van der Waals surface area contributed by atoms with Crippen LogP contribution in [0.3, 0.4) is 0 Å². The molecule has 9 heteroatoms. The molecule has 0 aliphatic carbocycles. The van der Waals surface area contributed by atoms with Crippen molar-refractivity contribution in [3.63, 3.8) is 0 Å². The normalized spacial score (nSPS) is 10.8. The van der Waals surface area contributed by atoms with E-state index in [1.165, 1.54) is 18.3 Å². The lowest BCUT2D eigenvalue weighted by atomic mass is 10.1. The van der Waals surface area contributed by atoms with Crippen molar-refractivity contribution in [1.29, 1.82) is 5.26 Å². The van der Waals surface area contributed by atoms with Gasteiger partial charge in [0.15, 0.2) is 0 Å². The number of aromatic amines is 1. The molecular weight excluding hydrogens is 264 g/mol. The number of hydrogen-bond acceptors (Lipinski definition) is 7. The van der Waals surface area contributed by atoms with Crippen molar-refractivity contribution in [3.05, 3.63) is 35.8 Å². The van der Waals surface area contributed by atoms with E-state index in [2.05, 4.69) is 25.9 Å². The Hall–Kier alpha value is -3.41. The molecule has 0 saturated heterocycles. The smallest absolute Gasteiger partial charge is 0.337 e. The van der Waals surface area contributed by atoms with Crippen molar-refractivity contribution in [2.75, 3.05) is 5.32 Å². The summed E-state index contributed by atoms with van der Waals surface area (Å²) in [6.45, 7) is 0. The van der Waals surface area contributed by atoms with Gasteiger partial charge < -0.3 is 15.5 Å². The fourth-order valence-electron chi connectivity index (χ4n) is 1.41. The number of benzene rings is 1. The van der Waals surface area contributed by atoms with Gasteiger partial charge in [-0.25, -0.2) is 4.79 Å². The van der Waals surface area contributed by atoms with E-state index in [9.17, 15) is 9.90 Å². The summed E-state index contributed by atoms with van der Waals surface area (Å²) in [5, 5.41) is 42.7. The van der Waals surface area contributed by atoms with Crippen LogP contribution in [0.1, 0.15) is 16.2 Å². The van der Waals surface area contributed by atoms with Crippen molar-refractivity contribution in [2.24, 2.45) is 0 Å². The number of hydrogen-bond donors (Lipinski definition) is 4. The van der Waals surface area contributed by atoms with E-state index in [0.717, 1.165) is 6.07 Å². The largest absolute Gasteiger partial charge is 0.508 e. The number of carboxylic acids is 1. The van der Waals surface area contributed by atoms with Crippen LogP contribution in [0.4, 0.5) is 5.69 Å². The number of anilines is 1. The van der Waals surface area contributed by atoms with Crippen LogP contribution in [0.25, 0.3) is 5.57 Å². The van der Waals surface area contributed by atoms with E-state index >= 15 is 0 Å². The standard InChI is InChI=1S/C11H8N6O3/c12-4-6(10-14-16-17-15-10)5-13-9-2-1-7(18)3-8(9)11(19)20/h1-3,5,13,18H,(H,19,20)(H,14,15,16,17). The highest BCUT2D eigenvalue weighted by Gasteiger charge is 2.11. The number of nitrogens with zero attached hydrogens (tertiary/aromatic N) is 4. The van der Waals surface area contributed by atoms with E-state index in [-0.39, 0.29) is 28.4 Å². The zero-order valence-corrected chi connectivity index (χ0v) is 9.90. The Morgan fingerprint density at radius 2 is 2.30 bits per heavy atom. The van der Waals surface area contributed by atoms with Gasteiger partial charge in [0.05, 0.1) is 11.3 Å². The van der Waals surface area contributed by atoms with Crippen molar-refractivity contribution < 1.29 is 15.0 Å². The van der Waals surface area contributed by atoms with Gasteiger partial charge >= 0.3 is 5.97 Å². The first kappa shape index (κ1) is 13.0. The Morgan fingerprint density at radius 1 is 1.50 bits per heavy atom. The highest BCUT2D eigenvalue weighted by Crippen LogP contribution is 2.22. The minimum Gasteiger partial charge on any atom is -0.508 e. The predicted molar refractivity (Wildman–Crippen MR) is 66.5 cm³/mol. The third kappa shape index (κ3) is 2.70. The van der Waals surface area contributed by atoms with Crippen LogP contribution >= 0.6 is 0 Å². The summed E-state index contributed by atoms with van der Waals surface area (Å²) in [6, 6.07) is 5.65. The van der Waals surface area contributed by atoms with Gasteiger partial charge in [-0.2, -0.15) is 10.5 Å². The lowest BCUT2D eigenvalue weighted by molar-refractivity contribution is 0.0697. The Morgan fingerprint density at radius 3 is 2.90 bits per heavy atom. The Balaban J connectivity index is 2.31. The summed E-state index contributed by atoms with van der Waals surface area (Å²) < 4.78 is 0. The van der Waals surface area contributed by atoms with E-state index in [1.807, 2.05) is 6.07 Å². The van der Waals surface area contributed by atoms with Gasteiger partial charge in [-0.05, 0) is 23.4 Å². The number of rotatable bonds is 4. The summed E-state index contributed by atoms with van der Waals surface area (Å²) in [6.07, 6.45) is 1.25. The van der Waals surface area contributed by atoms with Gasteiger partial charge in [-0.3, -0.25) is 0 Å². The second-order valence-electron chi connectivity index (χ2n) is 3.58. The van der Waals surface area contributed by atoms with Gasteiger partial charge in [0.25, 0.3) is 0 Å². The fourth-order valence-corrected chi connectivity index (χ4v) is 1.41. The highest BCUT2D eigenvalue weighted by atomic mass is 16.4. The number of phenols is 1. The molecule has 0 aliphatic rings. The minimum atomic E-state index is -1.21. The molecule has 0 atom stereocenters. The molecule has 0 spiro atoms. The second kappa shape index (κ2) is 5.49. The summed E-state index contributed by atoms with van der Waals surface area (Å²) in [5.41, 5.74) is 0.154. The molecule has 0 saturated carbocycles.